The summed E-state index contributed by atoms with van der Waals surface area (Å²) in [5.74, 6) is -0.673. The lowest BCUT2D eigenvalue weighted by Crippen LogP contribution is -2.19. The van der Waals surface area contributed by atoms with E-state index in [1.807, 2.05) is 13.8 Å². The summed E-state index contributed by atoms with van der Waals surface area (Å²) in [7, 11) is 0. The van der Waals surface area contributed by atoms with Gasteiger partial charge in [0.2, 0.25) is 0 Å². The van der Waals surface area contributed by atoms with E-state index in [0.29, 0.717) is 11.3 Å². The molecular weight excluding hydrogens is 190 g/mol. The molecule has 0 saturated heterocycles. The molecule has 4 heteroatoms. The van der Waals surface area contributed by atoms with Crippen LogP contribution in [0.3, 0.4) is 0 Å². The highest BCUT2D eigenvalue weighted by Gasteiger charge is 2.24. The van der Waals surface area contributed by atoms with Crippen LogP contribution in [0.1, 0.15) is 25.5 Å². The third-order valence-corrected chi connectivity index (χ3v) is 1.69. The van der Waals surface area contributed by atoms with Gasteiger partial charge in [0.05, 0.1) is 5.56 Å². The van der Waals surface area contributed by atoms with Crippen LogP contribution in [-0.4, -0.2) is 5.91 Å². The second kappa shape index (κ2) is 6.44. The molecule has 80 valence electrons. The second-order valence-electron chi connectivity index (χ2n) is 2.56. The quantitative estimate of drug-likeness (QED) is 0.570. The zero-order chi connectivity index (χ0) is 11.8. The molecule has 0 heterocycles. The number of anilines is 1. The number of nitrogens with zero attached hydrogens (tertiary/aromatic N) is 1. The predicted octanol–water partition coefficient (Wildman–Crippen LogP) is 1.74. The highest BCUT2D eigenvalue weighted by atomic mass is 16.1. The molecule has 15 heavy (non-hydrogen) atoms. The van der Waals surface area contributed by atoms with E-state index in [1.54, 1.807) is 24.3 Å². The van der Waals surface area contributed by atoms with Crippen LogP contribution in [0.25, 0.3) is 4.85 Å². The van der Waals surface area contributed by atoms with Gasteiger partial charge < -0.3 is 11.5 Å². The van der Waals surface area contributed by atoms with Crippen molar-refractivity contribution in [2.75, 3.05) is 5.73 Å². The number of benzene rings is 1. The van der Waals surface area contributed by atoms with Crippen LogP contribution in [0.5, 0.6) is 0 Å². The van der Waals surface area contributed by atoms with E-state index < -0.39 is 11.9 Å². The van der Waals surface area contributed by atoms with Gasteiger partial charge >= 0.3 is 11.9 Å². The molecule has 0 radical (unpaired) electrons. The number of nitrogen functional groups attached to an aromatic ring is 1. The van der Waals surface area contributed by atoms with Gasteiger partial charge in [-0.25, -0.2) is 6.57 Å². The van der Waals surface area contributed by atoms with Crippen LogP contribution >= 0.6 is 0 Å². The molecule has 1 amide bonds. The summed E-state index contributed by atoms with van der Waals surface area (Å²) < 4.78 is 0. The molecule has 0 spiro atoms. The van der Waals surface area contributed by atoms with Gasteiger partial charge in [0, 0.05) is 5.69 Å². The first kappa shape index (κ1) is 13.0. The summed E-state index contributed by atoms with van der Waals surface area (Å²) in [6, 6.07) is 5.74. The van der Waals surface area contributed by atoms with Crippen LogP contribution in [0, 0.1) is 6.57 Å². The number of amides is 1. The Hall–Kier alpha value is -2.02. The molecule has 0 fully saturated rings. The van der Waals surface area contributed by atoms with Crippen molar-refractivity contribution in [2.24, 2.45) is 5.73 Å². The Morgan fingerprint density at radius 1 is 1.40 bits per heavy atom. The molecule has 0 aliphatic heterocycles. The topological polar surface area (TPSA) is 73.5 Å². The van der Waals surface area contributed by atoms with Crippen molar-refractivity contribution in [1.29, 1.82) is 0 Å². The first-order chi connectivity index (χ1) is 7.16. The van der Waals surface area contributed by atoms with Crippen molar-refractivity contribution in [3.63, 3.8) is 0 Å². The average Bonchev–Trinajstić information content (AvgIpc) is 2.24. The fourth-order valence-corrected chi connectivity index (χ4v) is 1.05. The monoisotopic (exact) mass is 205 g/mol. The molecule has 1 aromatic rings. The maximum atomic E-state index is 10.8. The van der Waals surface area contributed by atoms with Crippen LogP contribution < -0.4 is 11.5 Å². The summed E-state index contributed by atoms with van der Waals surface area (Å²) in [5, 5.41) is 0. The molecular formula is C11H15N3O. The van der Waals surface area contributed by atoms with E-state index in [9.17, 15) is 4.79 Å². The number of carbonyl (C=O) groups excluding carboxylic acids is 1. The van der Waals surface area contributed by atoms with Crippen molar-refractivity contribution in [1.82, 2.24) is 0 Å². The fourth-order valence-electron chi connectivity index (χ4n) is 1.05. The van der Waals surface area contributed by atoms with Gasteiger partial charge in [-0.3, -0.25) is 9.64 Å². The summed E-state index contributed by atoms with van der Waals surface area (Å²) in [6.07, 6.45) is 0. The van der Waals surface area contributed by atoms with Crippen molar-refractivity contribution in [3.05, 3.63) is 41.2 Å². The first-order valence-corrected chi connectivity index (χ1v) is 4.67. The molecule has 1 unspecified atom stereocenters. The maximum Gasteiger partial charge on any atom is 0.327 e. The molecule has 1 atom stereocenters. The van der Waals surface area contributed by atoms with Gasteiger partial charge in [-0.1, -0.05) is 26.0 Å². The van der Waals surface area contributed by atoms with Crippen LogP contribution in [0.4, 0.5) is 5.69 Å². The lowest BCUT2D eigenvalue weighted by Gasteiger charge is -2.04. The zero-order valence-electron chi connectivity index (χ0n) is 8.90. The standard InChI is InChI=1S/C9H9N3O.C2H6/c1-12-8(9(11)13)6-4-2-3-5-7(6)10;1-2/h2-5,8H,10H2,(H2,11,13);1-2H3. The highest BCUT2D eigenvalue weighted by molar-refractivity contribution is 5.84. The third-order valence-electron chi connectivity index (χ3n) is 1.69. The SMILES string of the molecule is CC.[C-]#[N+]C(C(N)=O)c1ccccc1N. The van der Waals surface area contributed by atoms with E-state index >= 15 is 0 Å². The van der Waals surface area contributed by atoms with E-state index in [0.717, 1.165) is 0 Å². The fraction of sp³-hybridized carbons (Fsp3) is 0.273. The van der Waals surface area contributed by atoms with Crippen LogP contribution in [0.15, 0.2) is 24.3 Å². The van der Waals surface area contributed by atoms with Gasteiger partial charge in [0.1, 0.15) is 0 Å². The summed E-state index contributed by atoms with van der Waals surface area (Å²) in [6.45, 7) is 10.8. The molecule has 1 rings (SSSR count). The minimum atomic E-state index is -0.971. The number of nitrogens with two attached hydrogens (primary N) is 2. The van der Waals surface area contributed by atoms with Gasteiger partial charge in [0.25, 0.3) is 0 Å². The molecule has 1 aromatic carbocycles. The first-order valence-electron chi connectivity index (χ1n) is 4.67. The van der Waals surface area contributed by atoms with Gasteiger partial charge in [-0.15, -0.1) is 0 Å². The average molecular weight is 205 g/mol. The van der Waals surface area contributed by atoms with Crippen LogP contribution in [-0.2, 0) is 4.79 Å². The lowest BCUT2D eigenvalue weighted by molar-refractivity contribution is -0.118. The van der Waals surface area contributed by atoms with Gasteiger partial charge in [-0.2, -0.15) is 0 Å². The Kier molecular flexibility index (Phi) is 5.57. The third kappa shape index (κ3) is 3.31. The van der Waals surface area contributed by atoms with Crippen molar-refractivity contribution in [2.45, 2.75) is 19.9 Å². The molecule has 0 aliphatic rings. The molecule has 0 bridgehead atoms. The Bertz CT molecular complexity index is 368. The minimum Gasteiger partial charge on any atom is -0.398 e. The van der Waals surface area contributed by atoms with E-state index in [-0.39, 0.29) is 0 Å². The largest absolute Gasteiger partial charge is 0.398 e. The maximum absolute atomic E-state index is 10.8. The summed E-state index contributed by atoms with van der Waals surface area (Å²) in [5.41, 5.74) is 11.5. The highest BCUT2D eigenvalue weighted by Crippen LogP contribution is 2.22. The van der Waals surface area contributed by atoms with Crippen molar-refractivity contribution < 1.29 is 4.79 Å². The normalized spacial score (nSPS) is 10.5. The van der Waals surface area contributed by atoms with Crippen molar-refractivity contribution >= 4 is 11.6 Å². The molecule has 0 aliphatic carbocycles. The predicted molar refractivity (Wildman–Crippen MR) is 60.7 cm³/mol. The van der Waals surface area contributed by atoms with Gasteiger partial charge in [0.15, 0.2) is 0 Å². The molecule has 4 N–H and O–H groups in total. The Morgan fingerprint density at radius 2 is 1.93 bits per heavy atom. The molecule has 0 aromatic heterocycles. The number of rotatable bonds is 2. The molecule has 0 saturated carbocycles. The van der Waals surface area contributed by atoms with E-state index in [2.05, 4.69) is 4.85 Å². The lowest BCUT2D eigenvalue weighted by atomic mass is 10.1. The number of para-hydroxylation sites is 1. The van der Waals surface area contributed by atoms with Crippen molar-refractivity contribution in [3.8, 4) is 0 Å². The van der Waals surface area contributed by atoms with Crippen LogP contribution in [0.2, 0.25) is 0 Å². The smallest absolute Gasteiger partial charge is 0.327 e. The van der Waals surface area contributed by atoms with E-state index in [1.165, 1.54) is 0 Å². The number of primary amides is 1. The summed E-state index contributed by atoms with van der Waals surface area (Å²) in [4.78, 5) is 14.0. The summed E-state index contributed by atoms with van der Waals surface area (Å²) >= 11 is 0. The van der Waals surface area contributed by atoms with Gasteiger partial charge in [-0.05, 0) is 12.1 Å². The number of hydrogen-bond acceptors (Lipinski definition) is 2. The number of hydrogen-bond donors (Lipinski definition) is 2. The zero-order valence-corrected chi connectivity index (χ0v) is 8.90. The Labute approximate surface area is 89.7 Å². The second-order valence-corrected chi connectivity index (χ2v) is 2.56. The minimum absolute atomic E-state index is 0.419. The van der Waals surface area contributed by atoms with E-state index in [4.69, 9.17) is 18.0 Å². The Balaban J connectivity index is 0.000000921. The molecule has 4 nitrogen and oxygen atoms in total. The number of carbonyl (C=O) groups is 1. The Morgan fingerprint density at radius 3 is 2.33 bits per heavy atom.